The number of nitrogens with zero attached hydrogens (tertiary/aromatic N) is 4. The quantitative estimate of drug-likeness (QED) is 0.717. The van der Waals surface area contributed by atoms with E-state index in [1.165, 1.54) is 17.5 Å². The number of aromatic nitrogens is 3. The summed E-state index contributed by atoms with van der Waals surface area (Å²) in [5.74, 6) is 0.717. The molecule has 0 aliphatic carbocycles. The van der Waals surface area contributed by atoms with Crippen LogP contribution in [0.15, 0.2) is 22.3 Å². The second-order valence-corrected chi connectivity index (χ2v) is 7.25. The highest BCUT2D eigenvalue weighted by Crippen LogP contribution is 2.24. The molecule has 4 heterocycles. The largest absolute Gasteiger partial charge is 0.341 e. The number of rotatable bonds is 2. The average molecular weight is 344 g/mol. The van der Waals surface area contributed by atoms with E-state index < -0.39 is 0 Å². The number of amides is 1. The Balaban J connectivity index is 1.70. The van der Waals surface area contributed by atoms with Gasteiger partial charge >= 0.3 is 0 Å². The lowest BCUT2D eigenvalue weighted by Crippen LogP contribution is -2.38. The Morgan fingerprint density at radius 3 is 2.75 bits per heavy atom. The first-order chi connectivity index (χ1) is 11.6. The Morgan fingerprint density at radius 1 is 1.25 bits per heavy atom. The van der Waals surface area contributed by atoms with Crippen LogP contribution in [0.4, 0.5) is 0 Å². The number of aryl methyl sites for hydroxylation is 1. The van der Waals surface area contributed by atoms with Crippen LogP contribution < -0.4 is 5.56 Å². The van der Waals surface area contributed by atoms with Crippen LogP contribution in [-0.4, -0.2) is 38.1 Å². The molecule has 0 unspecified atom stereocenters. The zero-order chi connectivity index (χ0) is 16.7. The third-order valence-electron chi connectivity index (χ3n) is 4.70. The lowest BCUT2D eigenvalue weighted by Gasteiger charge is -2.20. The van der Waals surface area contributed by atoms with Crippen LogP contribution in [0.1, 0.15) is 31.5 Å². The van der Waals surface area contributed by atoms with Crippen LogP contribution in [0.2, 0.25) is 0 Å². The molecule has 0 radical (unpaired) electrons. The lowest BCUT2D eigenvalue weighted by atomic mass is 10.2. The van der Waals surface area contributed by atoms with Gasteiger partial charge in [-0.3, -0.25) is 14.0 Å². The zero-order valence-corrected chi connectivity index (χ0v) is 14.5. The maximum Gasteiger partial charge on any atom is 0.291 e. The highest BCUT2D eigenvalue weighted by atomic mass is 32.1. The Labute approximate surface area is 143 Å². The van der Waals surface area contributed by atoms with E-state index in [0.717, 1.165) is 42.0 Å². The molecular weight excluding hydrogens is 324 g/mol. The van der Waals surface area contributed by atoms with Crippen LogP contribution in [0.25, 0.3) is 15.7 Å². The molecule has 6 nitrogen and oxygen atoms in total. The minimum atomic E-state index is -0.202. The van der Waals surface area contributed by atoms with E-state index in [1.807, 2.05) is 33.7 Å². The first kappa shape index (κ1) is 15.4. The van der Waals surface area contributed by atoms with Gasteiger partial charge in [-0.15, -0.1) is 11.3 Å². The number of carbonyl (C=O) groups excluding carboxylic acids is 1. The topological polar surface area (TPSA) is 59.6 Å². The summed E-state index contributed by atoms with van der Waals surface area (Å²) in [6.07, 6.45) is 4.43. The molecule has 3 aromatic heterocycles. The molecule has 0 spiro atoms. The Morgan fingerprint density at radius 2 is 2.00 bits per heavy atom. The molecule has 1 amide bonds. The highest BCUT2D eigenvalue weighted by Gasteiger charge is 2.19. The summed E-state index contributed by atoms with van der Waals surface area (Å²) < 4.78 is 3.21. The van der Waals surface area contributed by atoms with Gasteiger partial charge in [-0.2, -0.15) is 5.10 Å². The molecule has 0 atom stereocenters. The molecule has 1 saturated heterocycles. The summed E-state index contributed by atoms with van der Waals surface area (Å²) in [4.78, 5) is 28.2. The average Bonchev–Trinajstić information content (AvgIpc) is 3.03. The molecule has 3 aromatic rings. The number of carbonyl (C=O) groups is 1. The normalized spacial score (nSPS) is 16.0. The van der Waals surface area contributed by atoms with Crippen LogP contribution in [-0.2, 0) is 11.3 Å². The van der Waals surface area contributed by atoms with Crippen molar-refractivity contribution in [2.24, 2.45) is 0 Å². The Hall–Kier alpha value is -2.15. The molecule has 0 saturated carbocycles. The van der Waals surface area contributed by atoms with Gasteiger partial charge in [0.15, 0.2) is 0 Å². The van der Waals surface area contributed by atoms with Crippen molar-refractivity contribution in [1.29, 1.82) is 0 Å². The van der Waals surface area contributed by atoms with Crippen LogP contribution >= 0.6 is 11.3 Å². The monoisotopic (exact) mass is 344 g/mol. The second kappa shape index (κ2) is 6.05. The first-order valence-corrected chi connectivity index (χ1v) is 9.27. The second-order valence-electron chi connectivity index (χ2n) is 6.35. The maximum atomic E-state index is 12.7. The Bertz CT molecular complexity index is 960. The molecule has 1 aliphatic rings. The van der Waals surface area contributed by atoms with E-state index in [1.54, 1.807) is 11.3 Å². The van der Waals surface area contributed by atoms with Crippen molar-refractivity contribution in [3.8, 4) is 0 Å². The molecule has 7 heteroatoms. The fourth-order valence-corrected chi connectivity index (χ4v) is 4.40. The van der Waals surface area contributed by atoms with Crippen LogP contribution in [0.3, 0.4) is 0 Å². The van der Waals surface area contributed by atoms with Gasteiger partial charge in [0.05, 0.1) is 0 Å². The summed E-state index contributed by atoms with van der Waals surface area (Å²) in [5, 5.41) is 7.43. The fraction of sp³-hybridized carbons (Fsp3) is 0.471. The zero-order valence-electron chi connectivity index (χ0n) is 13.7. The summed E-state index contributed by atoms with van der Waals surface area (Å²) in [6.45, 7) is 3.47. The fourth-order valence-electron chi connectivity index (χ4n) is 3.46. The van der Waals surface area contributed by atoms with E-state index in [-0.39, 0.29) is 18.0 Å². The molecule has 0 N–H and O–H groups in total. The maximum absolute atomic E-state index is 12.7. The lowest BCUT2D eigenvalue weighted by molar-refractivity contribution is -0.132. The first-order valence-electron chi connectivity index (χ1n) is 8.39. The molecule has 4 rings (SSSR count). The van der Waals surface area contributed by atoms with Gasteiger partial charge in [0.1, 0.15) is 22.7 Å². The van der Waals surface area contributed by atoms with E-state index in [0.29, 0.717) is 5.52 Å². The predicted octanol–water partition coefficient (Wildman–Crippen LogP) is 2.42. The van der Waals surface area contributed by atoms with Crippen molar-refractivity contribution in [3.05, 3.63) is 33.7 Å². The van der Waals surface area contributed by atoms with Crippen molar-refractivity contribution in [2.45, 2.75) is 39.2 Å². The number of hydrogen-bond donors (Lipinski definition) is 0. The van der Waals surface area contributed by atoms with E-state index >= 15 is 0 Å². The van der Waals surface area contributed by atoms with Crippen LogP contribution in [0.5, 0.6) is 0 Å². The van der Waals surface area contributed by atoms with Gasteiger partial charge in [-0.25, -0.2) is 4.68 Å². The van der Waals surface area contributed by atoms with Crippen molar-refractivity contribution in [1.82, 2.24) is 19.1 Å². The van der Waals surface area contributed by atoms with Gasteiger partial charge < -0.3 is 4.90 Å². The smallest absolute Gasteiger partial charge is 0.291 e. The van der Waals surface area contributed by atoms with Gasteiger partial charge in [-0.05, 0) is 37.3 Å². The molecule has 0 bridgehead atoms. The summed E-state index contributed by atoms with van der Waals surface area (Å²) in [5.41, 5.74) is 0.389. The van der Waals surface area contributed by atoms with E-state index in [2.05, 4.69) is 5.10 Å². The Kier molecular flexibility index (Phi) is 3.88. The van der Waals surface area contributed by atoms with Crippen molar-refractivity contribution in [3.63, 3.8) is 0 Å². The number of hydrogen-bond acceptors (Lipinski definition) is 4. The number of thiophene rings is 1. The number of fused-ring (bicyclic) bond motifs is 3. The van der Waals surface area contributed by atoms with E-state index in [4.69, 9.17) is 0 Å². The standard InChI is InChI=1S/C17H20N4O2S/c1-12-18-20(11-15(22)19-7-4-2-3-5-8-19)16(23)14-10-13-6-9-24-17(13)21(12)14/h6,9-10H,2-5,7-8,11H2,1H3. The number of likely N-dealkylation sites (tertiary alicyclic amines) is 1. The van der Waals surface area contributed by atoms with E-state index in [9.17, 15) is 9.59 Å². The van der Waals surface area contributed by atoms with Gasteiger partial charge in [0.25, 0.3) is 5.56 Å². The molecule has 126 valence electrons. The molecular formula is C17H20N4O2S. The van der Waals surface area contributed by atoms with Crippen molar-refractivity contribution >= 4 is 33.0 Å². The summed E-state index contributed by atoms with van der Waals surface area (Å²) >= 11 is 1.59. The van der Waals surface area contributed by atoms with Crippen molar-refractivity contribution in [2.75, 3.05) is 13.1 Å². The van der Waals surface area contributed by atoms with Crippen molar-refractivity contribution < 1.29 is 4.79 Å². The third kappa shape index (κ3) is 2.53. The molecule has 0 aromatic carbocycles. The van der Waals surface area contributed by atoms with Gasteiger partial charge in [0, 0.05) is 18.5 Å². The SMILES string of the molecule is Cc1nn(CC(=O)N2CCCCCC2)c(=O)c2cc3ccsc3n12. The molecule has 24 heavy (non-hydrogen) atoms. The minimum Gasteiger partial charge on any atom is -0.341 e. The molecule has 1 fully saturated rings. The summed E-state index contributed by atoms with van der Waals surface area (Å²) in [7, 11) is 0. The summed E-state index contributed by atoms with van der Waals surface area (Å²) in [6, 6.07) is 3.88. The van der Waals surface area contributed by atoms with Gasteiger partial charge in [0.2, 0.25) is 5.91 Å². The molecule has 1 aliphatic heterocycles. The minimum absolute atomic E-state index is 0.0105. The van der Waals surface area contributed by atoms with Crippen LogP contribution in [0, 0.1) is 6.92 Å². The predicted molar refractivity (Wildman–Crippen MR) is 94.6 cm³/mol. The third-order valence-corrected chi connectivity index (χ3v) is 5.61. The highest BCUT2D eigenvalue weighted by molar-refractivity contribution is 7.16. The van der Waals surface area contributed by atoms with Gasteiger partial charge in [-0.1, -0.05) is 12.8 Å².